The topological polar surface area (TPSA) is 111 Å². The van der Waals surface area contributed by atoms with Crippen LogP contribution in [0.2, 0.25) is 0 Å². The Labute approximate surface area is 135 Å². The largest absolute Gasteiger partial charge is 0.476 e. The van der Waals surface area contributed by atoms with E-state index in [1.54, 1.807) is 13.0 Å². The lowest BCUT2D eigenvalue weighted by atomic mass is 10.2. The summed E-state index contributed by atoms with van der Waals surface area (Å²) in [5.74, 6) is -2.13. The van der Waals surface area contributed by atoms with Crippen molar-refractivity contribution in [2.75, 3.05) is 12.4 Å². The minimum absolute atomic E-state index is 0.146. The molecule has 2 aromatic rings. The first-order valence-corrected chi connectivity index (χ1v) is 7.43. The number of esters is 1. The number of aryl methyl sites for hydroxylation is 1. The highest BCUT2D eigenvalue weighted by Gasteiger charge is 2.22. The van der Waals surface area contributed by atoms with Crippen molar-refractivity contribution in [3.8, 4) is 0 Å². The molecule has 9 heteroatoms. The molecule has 23 heavy (non-hydrogen) atoms. The van der Waals surface area contributed by atoms with E-state index in [9.17, 15) is 14.4 Å². The Morgan fingerprint density at radius 3 is 2.70 bits per heavy atom. The molecule has 2 rings (SSSR count). The van der Waals surface area contributed by atoms with Crippen molar-refractivity contribution < 1.29 is 24.2 Å². The van der Waals surface area contributed by atoms with E-state index in [1.807, 2.05) is 6.92 Å². The number of hydrogen-bond acceptors (Lipinski definition) is 6. The van der Waals surface area contributed by atoms with Gasteiger partial charge in [-0.25, -0.2) is 9.59 Å². The summed E-state index contributed by atoms with van der Waals surface area (Å²) in [7, 11) is 1.26. The van der Waals surface area contributed by atoms with Gasteiger partial charge in [0.05, 0.1) is 12.7 Å². The number of nitrogens with one attached hydrogen (secondary N) is 1. The molecular formula is C14H15N3O5S. The second-order valence-electron chi connectivity index (χ2n) is 4.74. The summed E-state index contributed by atoms with van der Waals surface area (Å²) in [6.45, 7) is 3.38. The molecule has 122 valence electrons. The molecule has 0 fully saturated rings. The van der Waals surface area contributed by atoms with E-state index in [4.69, 9.17) is 5.11 Å². The summed E-state index contributed by atoms with van der Waals surface area (Å²) in [5.41, 5.74) is 0.133. The van der Waals surface area contributed by atoms with Crippen LogP contribution >= 0.6 is 11.3 Å². The van der Waals surface area contributed by atoms with Gasteiger partial charge in [-0.2, -0.15) is 5.10 Å². The highest BCUT2D eigenvalue weighted by molar-refractivity contribution is 7.16. The number of aromatic nitrogens is 2. The van der Waals surface area contributed by atoms with Gasteiger partial charge in [-0.3, -0.25) is 9.48 Å². The molecule has 1 amide bonds. The number of thiophene rings is 1. The number of carbonyl (C=O) groups is 3. The smallest absolute Gasteiger partial charge is 0.356 e. The van der Waals surface area contributed by atoms with Crippen LogP contribution < -0.4 is 5.32 Å². The molecule has 1 unspecified atom stereocenters. The number of carbonyl (C=O) groups excluding carboxylic acids is 2. The Morgan fingerprint density at radius 2 is 2.13 bits per heavy atom. The number of carboxylic acids is 1. The number of ether oxygens (including phenoxy) is 1. The minimum Gasteiger partial charge on any atom is -0.476 e. The van der Waals surface area contributed by atoms with Crippen molar-refractivity contribution in [1.82, 2.24) is 9.78 Å². The van der Waals surface area contributed by atoms with Gasteiger partial charge in [0.2, 0.25) is 5.91 Å². The van der Waals surface area contributed by atoms with Gasteiger partial charge in [0.15, 0.2) is 5.69 Å². The van der Waals surface area contributed by atoms with Crippen LogP contribution in [0.3, 0.4) is 0 Å². The molecule has 8 nitrogen and oxygen atoms in total. The van der Waals surface area contributed by atoms with E-state index in [-0.39, 0.29) is 11.3 Å². The highest BCUT2D eigenvalue weighted by Crippen LogP contribution is 2.28. The predicted molar refractivity (Wildman–Crippen MR) is 82.9 cm³/mol. The third-order valence-corrected chi connectivity index (χ3v) is 4.07. The number of nitrogens with zero attached hydrogens (tertiary/aromatic N) is 2. The molecule has 0 aliphatic rings. The lowest BCUT2D eigenvalue weighted by Crippen LogP contribution is -2.24. The van der Waals surface area contributed by atoms with Crippen LogP contribution in [0.5, 0.6) is 0 Å². The molecule has 0 saturated carbocycles. The van der Waals surface area contributed by atoms with Gasteiger partial charge in [-0.1, -0.05) is 0 Å². The van der Waals surface area contributed by atoms with Crippen LogP contribution in [0, 0.1) is 6.92 Å². The third kappa shape index (κ3) is 3.57. The molecular weight excluding hydrogens is 322 g/mol. The second kappa shape index (κ2) is 6.61. The second-order valence-corrected chi connectivity index (χ2v) is 6.00. The zero-order valence-corrected chi connectivity index (χ0v) is 13.5. The van der Waals surface area contributed by atoms with Gasteiger partial charge < -0.3 is 15.2 Å². The van der Waals surface area contributed by atoms with Gasteiger partial charge in [-0.15, -0.1) is 11.3 Å². The number of methoxy groups -OCH3 is 1. The lowest BCUT2D eigenvalue weighted by Gasteiger charge is -2.12. The minimum atomic E-state index is -1.17. The number of aromatic carboxylic acids is 1. The molecule has 2 heterocycles. The zero-order chi connectivity index (χ0) is 17.1. The van der Waals surface area contributed by atoms with Crippen molar-refractivity contribution in [3.63, 3.8) is 0 Å². The number of rotatable bonds is 5. The normalized spacial score (nSPS) is 11.8. The van der Waals surface area contributed by atoms with E-state index >= 15 is 0 Å². The summed E-state index contributed by atoms with van der Waals surface area (Å²) >= 11 is 1.25. The number of anilines is 1. The SMILES string of the molecule is COC(=O)c1cc(C)sc1NC(=O)C(C)n1ccc(C(=O)O)n1. The molecule has 0 aromatic carbocycles. The first kappa shape index (κ1) is 16.7. The Balaban J connectivity index is 2.18. The van der Waals surface area contributed by atoms with Crippen molar-refractivity contribution in [2.45, 2.75) is 19.9 Å². The highest BCUT2D eigenvalue weighted by atomic mass is 32.1. The van der Waals surface area contributed by atoms with E-state index < -0.39 is 23.9 Å². The molecule has 0 bridgehead atoms. The maximum absolute atomic E-state index is 12.3. The molecule has 2 N–H and O–H groups in total. The molecule has 0 aliphatic heterocycles. The van der Waals surface area contributed by atoms with Crippen molar-refractivity contribution in [1.29, 1.82) is 0 Å². The molecule has 0 radical (unpaired) electrons. The number of carboxylic acid groups (broad SMARTS) is 1. The molecule has 0 saturated heterocycles. The Hall–Kier alpha value is -2.68. The van der Waals surface area contributed by atoms with Crippen LogP contribution in [0.1, 0.15) is 38.7 Å². The Morgan fingerprint density at radius 1 is 1.43 bits per heavy atom. The fraction of sp³-hybridized carbons (Fsp3) is 0.286. The first-order chi connectivity index (χ1) is 10.8. The van der Waals surface area contributed by atoms with E-state index in [2.05, 4.69) is 15.2 Å². The molecule has 2 aromatic heterocycles. The summed E-state index contributed by atoms with van der Waals surface area (Å²) in [6.07, 6.45) is 1.41. The maximum atomic E-state index is 12.3. The average Bonchev–Trinajstić information content (AvgIpc) is 3.12. The van der Waals surface area contributed by atoms with Gasteiger partial charge in [0.25, 0.3) is 0 Å². The van der Waals surface area contributed by atoms with Crippen LogP contribution in [0.15, 0.2) is 18.3 Å². The molecule has 0 spiro atoms. The summed E-state index contributed by atoms with van der Waals surface area (Å²) in [4.78, 5) is 35.7. The number of hydrogen-bond donors (Lipinski definition) is 2. The maximum Gasteiger partial charge on any atom is 0.356 e. The third-order valence-electron chi connectivity index (χ3n) is 3.10. The Kier molecular flexibility index (Phi) is 4.80. The first-order valence-electron chi connectivity index (χ1n) is 6.61. The number of amides is 1. The van der Waals surface area contributed by atoms with Crippen molar-refractivity contribution in [2.24, 2.45) is 0 Å². The van der Waals surface area contributed by atoms with Crippen molar-refractivity contribution in [3.05, 3.63) is 34.5 Å². The standard InChI is InChI=1S/C14H15N3O5S/c1-7-6-9(14(21)22-3)12(23-7)15-11(18)8(2)17-5-4-10(16-17)13(19)20/h4-6,8H,1-3H3,(H,15,18)(H,19,20). The summed E-state index contributed by atoms with van der Waals surface area (Å²) < 4.78 is 5.93. The summed E-state index contributed by atoms with van der Waals surface area (Å²) in [5, 5.41) is 15.7. The zero-order valence-electron chi connectivity index (χ0n) is 12.7. The van der Waals surface area contributed by atoms with Gasteiger partial charge in [0.1, 0.15) is 11.0 Å². The molecule has 0 aliphatic carbocycles. The van der Waals surface area contributed by atoms with E-state index in [0.717, 1.165) is 4.88 Å². The van der Waals surface area contributed by atoms with Crippen LogP contribution in [0.25, 0.3) is 0 Å². The van der Waals surface area contributed by atoms with Crippen LogP contribution in [-0.4, -0.2) is 39.8 Å². The lowest BCUT2D eigenvalue weighted by molar-refractivity contribution is -0.119. The van der Waals surface area contributed by atoms with Gasteiger partial charge >= 0.3 is 11.9 Å². The quantitative estimate of drug-likeness (QED) is 0.807. The summed E-state index contributed by atoms with van der Waals surface area (Å²) in [6, 6.07) is 2.20. The van der Waals surface area contributed by atoms with E-state index in [1.165, 1.54) is 35.4 Å². The van der Waals surface area contributed by atoms with Crippen LogP contribution in [0.4, 0.5) is 5.00 Å². The van der Waals surface area contributed by atoms with Gasteiger partial charge in [0, 0.05) is 11.1 Å². The van der Waals surface area contributed by atoms with Gasteiger partial charge in [-0.05, 0) is 26.0 Å². The monoisotopic (exact) mass is 337 g/mol. The van der Waals surface area contributed by atoms with Crippen LogP contribution in [-0.2, 0) is 9.53 Å². The van der Waals surface area contributed by atoms with E-state index in [0.29, 0.717) is 5.00 Å². The predicted octanol–water partition coefficient (Wildman–Crippen LogP) is 1.94. The van der Waals surface area contributed by atoms with Crippen molar-refractivity contribution >= 4 is 34.2 Å². The fourth-order valence-electron chi connectivity index (χ4n) is 1.87. The average molecular weight is 337 g/mol. The molecule has 1 atom stereocenters. The Bertz CT molecular complexity index is 764. The fourth-order valence-corrected chi connectivity index (χ4v) is 2.78.